The molecule has 0 saturated carbocycles. The van der Waals surface area contributed by atoms with Crippen molar-refractivity contribution in [2.75, 3.05) is 18.2 Å². The normalized spacial score (nSPS) is 10.5. The Kier molecular flexibility index (Phi) is 6.72. The molecular formula is C25H20N4O3S. The van der Waals surface area contributed by atoms with Gasteiger partial charge in [0.15, 0.2) is 5.82 Å². The van der Waals surface area contributed by atoms with Crippen molar-refractivity contribution in [1.82, 2.24) is 10.1 Å². The number of hydrogen-bond donors (Lipinski definition) is 1. The first-order valence-corrected chi connectivity index (χ1v) is 11.1. The average Bonchev–Trinajstić information content (AvgIpc) is 3.26. The predicted molar refractivity (Wildman–Crippen MR) is 127 cm³/mol. The molecule has 33 heavy (non-hydrogen) atoms. The highest BCUT2D eigenvalue weighted by Crippen LogP contribution is 2.34. The molecule has 8 heteroatoms. The monoisotopic (exact) mass is 456 g/mol. The molecule has 0 aliphatic heterocycles. The van der Waals surface area contributed by atoms with E-state index in [2.05, 4.69) is 16.5 Å². The van der Waals surface area contributed by atoms with E-state index in [1.807, 2.05) is 60.7 Å². The van der Waals surface area contributed by atoms with Crippen LogP contribution in [0.4, 0.5) is 5.82 Å². The number of aryl methyl sites for hydroxylation is 1. The summed E-state index contributed by atoms with van der Waals surface area (Å²) in [6.07, 6.45) is 0. The first-order chi connectivity index (χ1) is 16.1. The van der Waals surface area contributed by atoms with Crippen molar-refractivity contribution in [1.29, 1.82) is 5.26 Å². The Balaban J connectivity index is 1.69. The average molecular weight is 457 g/mol. The fourth-order valence-electron chi connectivity index (χ4n) is 3.23. The summed E-state index contributed by atoms with van der Waals surface area (Å²) >= 11 is 1.20. The molecule has 0 radical (unpaired) electrons. The van der Waals surface area contributed by atoms with Gasteiger partial charge >= 0.3 is 0 Å². The minimum atomic E-state index is -0.268. The molecule has 4 rings (SSSR count). The number of carbonyl (C=O) groups is 1. The Bertz CT molecular complexity index is 1310. The summed E-state index contributed by atoms with van der Waals surface area (Å²) < 4.78 is 10.2. The molecule has 2 aromatic heterocycles. The number of nitrogens with one attached hydrogen (secondary N) is 1. The summed E-state index contributed by atoms with van der Waals surface area (Å²) in [4.78, 5) is 17.2. The van der Waals surface area contributed by atoms with Gasteiger partial charge < -0.3 is 14.6 Å². The molecule has 0 fully saturated rings. The molecule has 2 heterocycles. The van der Waals surface area contributed by atoms with E-state index in [0.29, 0.717) is 27.9 Å². The summed E-state index contributed by atoms with van der Waals surface area (Å²) in [6.45, 7) is 1.75. The number of nitriles is 1. The van der Waals surface area contributed by atoms with Crippen molar-refractivity contribution in [3.63, 3.8) is 0 Å². The lowest BCUT2D eigenvalue weighted by Crippen LogP contribution is -2.14. The number of carbonyl (C=O) groups excluding carboxylic acids is 1. The molecule has 164 valence electrons. The van der Waals surface area contributed by atoms with Gasteiger partial charge in [0.2, 0.25) is 5.91 Å². The Morgan fingerprint density at radius 1 is 1.12 bits per heavy atom. The third kappa shape index (κ3) is 5.22. The molecule has 0 atom stereocenters. The van der Waals surface area contributed by atoms with Gasteiger partial charge in [0, 0.05) is 17.2 Å². The molecule has 1 amide bonds. The van der Waals surface area contributed by atoms with Crippen LogP contribution in [0, 0.1) is 18.3 Å². The highest BCUT2D eigenvalue weighted by atomic mass is 32.2. The zero-order chi connectivity index (χ0) is 23.2. The van der Waals surface area contributed by atoms with Crippen LogP contribution in [-0.2, 0) is 4.79 Å². The molecule has 0 aliphatic rings. The van der Waals surface area contributed by atoms with Crippen molar-refractivity contribution in [2.24, 2.45) is 0 Å². The molecule has 4 aromatic rings. The first kappa shape index (κ1) is 22.1. The van der Waals surface area contributed by atoms with Crippen LogP contribution >= 0.6 is 11.8 Å². The number of amides is 1. The summed E-state index contributed by atoms with van der Waals surface area (Å²) in [5, 5.41) is 16.9. The number of methoxy groups -OCH3 is 1. The van der Waals surface area contributed by atoms with Gasteiger partial charge in [0.05, 0.1) is 24.1 Å². The fraction of sp³-hybridized carbons (Fsp3) is 0.120. The number of hydrogen-bond acceptors (Lipinski definition) is 7. The van der Waals surface area contributed by atoms with Crippen LogP contribution in [0.2, 0.25) is 0 Å². The minimum Gasteiger partial charge on any atom is -0.497 e. The summed E-state index contributed by atoms with van der Waals surface area (Å²) in [6, 6.07) is 23.0. The molecule has 7 nitrogen and oxygen atoms in total. The van der Waals surface area contributed by atoms with Crippen molar-refractivity contribution in [3.8, 4) is 34.2 Å². The van der Waals surface area contributed by atoms with Gasteiger partial charge in [-0.2, -0.15) is 5.26 Å². The lowest BCUT2D eigenvalue weighted by atomic mass is 9.99. The maximum absolute atomic E-state index is 12.4. The minimum absolute atomic E-state index is 0.0634. The van der Waals surface area contributed by atoms with Crippen LogP contribution in [0.5, 0.6) is 5.75 Å². The van der Waals surface area contributed by atoms with E-state index in [4.69, 9.17) is 14.2 Å². The van der Waals surface area contributed by atoms with Crippen LogP contribution < -0.4 is 10.1 Å². The summed E-state index contributed by atoms with van der Waals surface area (Å²) in [7, 11) is 1.61. The second kappa shape index (κ2) is 10.0. The summed E-state index contributed by atoms with van der Waals surface area (Å²) in [5.41, 5.74) is 3.66. The number of benzene rings is 2. The maximum Gasteiger partial charge on any atom is 0.236 e. The van der Waals surface area contributed by atoms with Crippen molar-refractivity contribution >= 4 is 23.5 Å². The van der Waals surface area contributed by atoms with Crippen molar-refractivity contribution < 1.29 is 14.1 Å². The number of rotatable bonds is 7. The molecule has 2 aromatic carbocycles. The number of ether oxygens (including phenoxy) is 1. The zero-order valence-electron chi connectivity index (χ0n) is 18.0. The highest BCUT2D eigenvalue weighted by Gasteiger charge is 2.17. The second-order valence-corrected chi connectivity index (χ2v) is 8.07. The zero-order valence-corrected chi connectivity index (χ0v) is 18.8. The quantitative estimate of drug-likeness (QED) is 0.375. The Morgan fingerprint density at radius 2 is 1.88 bits per heavy atom. The topological polar surface area (TPSA) is 101 Å². The molecule has 0 spiro atoms. The van der Waals surface area contributed by atoms with E-state index >= 15 is 0 Å². The first-order valence-electron chi connectivity index (χ1n) is 10.1. The van der Waals surface area contributed by atoms with Gasteiger partial charge in [-0.15, -0.1) is 0 Å². The molecule has 0 aliphatic carbocycles. The van der Waals surface area contributed by atoms with Crippen LogP contribution in [0.3, 0.4) is 0 Å². The number of thioether (sulfide) groups is 1. The van der Waals surface area contributed by atoms with Crippen molar-refractivity contribution in [2.45, 2.75) is 11.9 Å². The smallest absolute Gasteiger partial charge is 0.236 e. The number of pyridine rings is 1. The second-order valence-electron chi connectivity index (χ2n) is 7.10. The standard InChI is InChI=1S/C25H20N4O3S/c1-16-12-23(29-32-16)28-24(30)15-33-25-21(14-26)20(17-6-4-3-5-7-17)13-22(27-25)18-8-10-19(31-2)11-9-18/h3-13H,15H2,1-2H3,(H,28,29,30). The number of nitrogens with zero attached hydrogens (tertiary/aromatic N) is 3. The summed E-state index contributed by atoms with van der Waals surface area (Å²) in [5.74, 6) is 1.49. The third-order valence-electron chi connectivity index (χ3n) is 4.80. The van der Waals surface area contributed by atoms with Gasteiger partial charge in [0.25, 0.3) is 0 Å². The van der Waals surface area contributed by atoms with Crippen LogP contribution in [0.15, 0.2) is 76.3 Å². The molecule has 0 unspecified atom stereocenters. The Morgan fingerprint density at radius 3 is 2.52 bits per heavy atom. The SMILES string of the molecule is COc1ccc(-c2cc(-c3ccccc3)c(C#N)c(SCC(=O)Nc3cc(C)on3)n2)cc1. The fourth-order valence-corrected chi connectivity index (χ4v) is 4.03. The van der Waals surface area contributed by atoms with E-state index in [9.17, 15) is 10.1 Å². The van der Waals surface area contributed by atoms with E-state index < -0.39 is 0 Å². The Hall–Kier alpha value is -4.09. The van der Waals surface area contributed by atoms with Crippen LogP contribution in [0.1, 0.15) is 11.3 Å². The third-order valence-corrected chi connectivity index (χ3v) is 5.78. The lowest BCUT2D eigenvalue weighted by molar-refractivity contribution is -0.113. The van der Waals surface area contributed by atoms with Crippen LogP contribution in [0.25, 0.3) is 22.4 Å². The highest BCUT2D eigenvalue weighted by molar-refractivity contribution is 8.00. The maximum atomic E-state index is 12.4. The van der Waals surface area contributed by atoms with Gasteiger partial charge in [-0.1, -0.05) is 47.3 Å². The van der Waals surface area contributed by atoms with E-state index in [1.54, 1.807) is 20.1 Å². The molecule has 0 bridgehead atoms. The van der Waals surface area contributed by atoms with Gasteiger partial charge in [0.1, 0.15) is 22.6 Å². The van der Waals surface area contributed by atoms with E-state index in [0.717, 1.165) is 22.4 Å². The van der Waals surface area contributed by atoms with Gasteiger partial charge in [-0.25, -0.2) is 4.98 Å². The molecule has 0 saturated heterocycles. The van der Waals surface area contributed by atoms with Gasteiger partial charge in [-0.05, 0) is 42.8 Å². The van der Waals surface area contributed by atoms with Gasteiger partial charge in [-0.3, -0.25) is 4.79 Å². The lowest BCUT2D eigenvalue weighted by Gasteiger charge is -2.13. The molecular weight excluding hydrogens is 436 g/mol. The Labute approximate surface area is 195 Å². The van der Waals surface area contributed by atoms with Crippen LogP contribution in [-0.4, -0.2) is 28.9 Å². The number of aromatic nitrogens is 2. The van der Waals surface area contributed by atoms with Crippen molar-refractivity contribution in [3.05, 3.63) is 78.1 Å². The molecule has 1 N–H and O–H groups in total. The largest absolute Gasteiger partial charge is 0.497 e. The van der Waals surface area contributed by atoms with E-state index in [1.165, 1.54) is 11.8 Å². The van der Waals surface area contributed by atoms with E-state index in [-0.39, 0.29) is 11.7 Å². The predicted octanol–water partition coefficient (Wildman–Crippen LogP) is 5.32. The number of anilines is 1.